The lowest BCUT2D eigenvalue weighted by molar-refractivity contribution is 0.241. The lowest BCUT2D eigenvalue weighted by Crippen LogP contribution is -2.32. The van der Waals surface area contributed by atoms with Gasteiger partial charge in [-0.2, -0.15) is 5.10 Å². The van der Waals surface area contributed by atoms with Gasteiger partial charge in [0.05, 0.1) is 24.2 Å². The molecule has 0 aliphatic carbocycles. The van der Waals surface area contributed by atoms with Crippen molar-refractivity contribution in [1.29, 1.82) is 0 Å². The molecule has 0 radical (unpaired) electrons. The number of aromatic nitrogens is 4. The van der Waals surface area contributed by atoms with Crippen molar-refractivity contribution in [1.82, 2.24) is 24.6 Å². The summed E-state index contributed by atoms with van der Waals surface area (Å²) >= 11 is 0. The van der Waals surface area contributed by atoms with Crippen molar-refractivity contribution >= 4 is 0 Å². The lowest BCUT2D eigenvalue weighted by atomic mass is 10.1. The quantitative estimate of drug-likeness (QED) is 0.728. The molecule has 0 spiro atoms. The van der Waals surface area contributed by atoms with Crippen LogP contribution >= 0.6 is 0 Å². The number of H-pyrrole nitrogens is 1. The van der Waals surface area contributed by atoms with Crippen molar-refractivity contribution in [3.63, 3.8) is 0 Å². The first-order valence-corrected chi connectivity index (χ1v) is 9.58. The number of methoxy groups -OCH3 is 1. The van der Waals surface area contributed by atoms with Crippen LogP contribution in [0.3, 0.4) is 0 Å². The minimum atomic E-state index is 0.854. The van der Waals surface area contributed by atoms with E-state index in [2.05, 4.69) is 38.7 Å². The van der Waals surface area contributed by atoms with Gasteiger partial charge in [-0.05, 0) is 38.5 Å². The van der Waals surface area contributed by atoms with Crippen LogP contribution < -0.4 is 4.74 Å². The second-order valence-electron chi connectivity index (χ2n) is 7.27. The maximum atomic E-state index is 5.33. The van der Waals surface area contributed by atoms with E-state index in [1.807, 2.05) is 25.1 Å². The Labute approximate surface area is 160 Å². The molecule has 0 saturated carbocycles. The molecule has 1 aliphatic heterocycles. The molecule has 1 aromatic carbocycles. The number of imidazole rings is 1. The third kappa shape index (κ3) is 3.90. The number of nitrogens with zero attached hydrogens (tertiary/aromatic N) is 4. The van der Waals surface area contributed by atoms with E-state index in [4.69, 9.17) is 9.72 Å². The van der Waals surface area contributed by atoms with E-state index in [1.54, 1.807) is 7.11 Å². The van der Waals surface area contributed by atoms with Crippen LogP contribution in [0, 0.1) is 13.8 Å². The monoisotopic (exact) mass is 365 g/mol. The summed E-state index contributed by atoms with van der Waals surface area (Å²) in [5.41, 5.74) is 5.84. The van der Waals surface area contributed by atoms with Gasteiger partial charge >= 0.3 is 0 Å². The zero-order valence-corrected chi connectivity index (χ0v) is 16.3. The van der Waals surface area contributed by atoms with Gasteiger partial charge in [0.25, 0.3) is 0 Å². The van der Waals surface area contributed by atoms with Crippen LogP contribution in [-0.2, 0) is 19.5 Å². The highest BCUT2D eigenvalue weighted by Crippen LogP contribution is 2.25. The molecular formula is C21H27N5O. The van der Waals surface area contributed by atoms with Gasteiger partial charge in [0.1, 0.15) is 11.6 Å². The standard InChI is InChI=1S/C21H27N5O/c1-15-12-16(2)26(24-15)10-5-9-25-11-8-19-20(14-25)23-21(22-19)17-6-4-7-18(13-17)27-3/h4,6-7,12-13H,5,8-11,14H2,1-3H3,(H,22,23). The summed E-state index contributed by atoms with van der Waals surface area (Å²) in [4.78, 5) is 10.8. The first kappa shape index (κ1) is 17.8. The maximum absolute atomic E-state index is 5.33. The number of rotatable bonds is 6. The maximum Gasteiger partial charge on any atom is 0.137 e. The summed E-state index contributed by atoms with van der Waals surface area (Å²) in [5, 5.41) is 4.55. The molecule has 142 valence electrons. The molecule has 0 amide bonds. The molecule has 0 unspecified atom stereocenters. The topological polar surface area (TPSA) is 59.0 Å². The van der Waals surface area contributed by atoms with Crippen LogP contribution in [0.25, 0.3) is 11.4 Å². The van der Waals surface area contributed by atoms with Gasteiger partial charge in [-0.3, -0.25) is 9.58 Å². The van der Waals surface area contributed by atoms with Gasteiger partial charge in [0.15, 0.2) is 0 Å². The summed E-state index contributed by atoms with van der Waals surface area (Å²) in [5.74, 6) is 1.79. The van der Waals surface area contributed by atoms with E-state index in [9.17, 15) is 0 Å². The molecular weight excluding hydrogens is 338 g/mol. The SMILES string of the molecule is COc1cccc(-c2nc3c([nH]2)CN(CCCn2nc(C)cc2C)CC3)c1. The van der Waals surface area contributed by atoms with Crippen LogP contribution in [0.5, 0.6) is 5.75 Å². The fraction of sp³-hybridized carbons (Fsp3) is 0.429. The summed E-state index contributed by atoms with van der Waals surface area (Å²) < 4.78 is 7.44. The average Bonchev–Trinajstić information content (AvgIpc) is 3.24. The number of benzene rings is 1. The number of ether oxygens (including phenoxy) is 1. The molecule has 1 N–H and O–H groups in total. The van der Waals surface area contributed by atoms with Gasteiger partial charge in [-0.15, -0.1) is 0 Å². The Morgan fingerprint density at radius 1 is 1.19 bits per heavy atom. The molecule has 27 heavy (non-hydrogen) atoms. The van der Waals surface area contributed by atoms with Crippen LogP contribution in [0.4, 0.5) is 0 Å². The highest BCUT2D eigenvalue weighted by molar-refractivity contribution is 5.58. The fourth-order valence-corrected chi connectivity index (χ4v) is 3.79. The van der Waals surface area contributed by atoms with Crippen molar-refractivity contribution in [2.75, 3.05) is 20.2 Å². The molecule has 0 saturated heterocycles. The number of fused-ring (bicyclic) bond motifs is 1. The summed E-state index contributed by atoms with van der Waals surface area (Å²) in [6.07, 6.45) is 2.10. The highest BCUT2D eigenvalue weighted by Gasteiger charge is 2.20. The molecule has 0 atom stereocenters. The van der Waals surface area contributed by atoms with Crippen LogP contribution in [0.1, 0.15) is 29.2 Å². The minimum Gasteiger partial charge on any atom is -0.497 e. The normalized spacial score (nSPS) is 14.3. The van der Waals surface area contributed by atoms with Crippen LogP contribution in [0.15, 0.2) is 30.3 Å². The number of nitrogens with one attached hydrogen (secondary N) is 1. The highest BCUT2D eigenvalue weighted by atomic mass is 16.5. The Morgan fingerprint density at radius 2 is 2.07 bits per heavy atom. The van der Waals surface area contributed by atoms with Crippen LogP contribution in [-0.4, -0.2) is 44.8 Å². The molecule has 1 aliphatic rings. The second kappa shape index (κ2) is 7.56. The van der Waals surface area contributed by atoms with E-state index in [1.165, 1.54) is 17.1 Å². The van der Waals surface area contributed by atoms with Crippen molar-refractivity contribution in [2.45, 2.75) is 39.8 Å². The molecule has 6 nitrogen and oxygen atoms in total. The van der Waals surface area contributed by atoms with E-state index >= 15 is 0 Å². The number of aromatic amines is 1. The van der Waals surface area contributed by atoms with E-state index < -0.39 is 0 Å². The molecule has 0 bridgehead atoms. The number of hydrogen-bond donors (Lipinski definition) is 1. The average molecular weight is 365 g/mol. The fourth-order valence-electron chi connectivity index (χ4n) is 3.79. The van der Waals surface area contributed by atoms with Crippen LogP contribution in [0.2, 0.25) is 0 Å². The third-order valence-electron chi connectivity index (χ3n) is 5.20. The Bertz CT molecular complexity index is 927. The summed E-state index contributed by atoms with van der Waals surface area (Å²) in [7, 11) is 1.69. The summed E-state index contributed by atoms with van der Waals surface area (Å²) in [6, 6.07) is 10.2. The minimum absolute atomic E-state index is 0.854. The molecule has 3 heterocycles. The zero-order chi connectivity index (χ0) is 18.8. The van der Waals surface area contributed by atoms with Crippen molar-refractivity contribution in [3.05, 3.63) is 53.1 Å². The Hall–Kier alpha value is -2.60. The Balaban J connectivity index is 1.38. The molecule has 4 rings (SSSR count). The first-order chi connectivity index (χ1) is 13.1. The summed E-state index contributed by atoms with van der Waals surface area (Å²) in [6.45, 7) is 8.22. The predicted molar refractivity (Wildman–Crippen MR) is 106 cm³/mol. The zero-order valence-electron chi connectivity index (χ0n) is 16.3. The number of aryl methyl sites for hydroxylation is 3. The van der Waals surface area contributed by atoms with Gasteiger partial charge in [0.2, 0.25) is 0 Å². The predicted octanol–water partition coefficient (Wildman–Crippen LogP) is 3.35. The van der Waals surface area contributed by atoms with E-state index in [0.717, 1.165) is 61.9 Å². The van der Waals surface area contributed by atoms with Crippen molar-refractivity contribution in [3.8, 4) is 17.1 Å². The third-order valence-corrected chi connectivity index (χ3v) is 5.20. The molecule has 3 aromatic rings. The largest absolute Gasteiger partial charge is 0.497 e. The number of hydrogen-bond acceptors (Lipinski definition) is 4. The molecule has 6 heteroatoms. The van der Waals surface area contributed by atoms with Gasteiger partial charge in [0, 0.05) is 43.9 Å². The Morgan fingerprint density at radius 3 is 2.85 bits per heavy atom. The van der Waals surface area contributed by atoms with Gasteiger partial charge in [-0.1, -0.05) is 12.1 Å². The van der Waals surface area contributed by atoms with Crippen molar-refractivity contribution in [2.24, 2.45) is 0 Å². The van der Waals surface area contributed by atoms with Crippen molar-refractivity contribution < 1.29 is 4.74 Å². The Kier molecular flexibility index (Phi) is 4.99. The van der Waals surface area contributed by atoms with E-state index in [-0.39, 0.29) is 0 Å². The second-order valence-corrected chi connectivity index (χ2v) is 7.27. The van der Waals surface area contributed by atoms with E-state index in [0.29, 0.717) is 0 Å². The molecule has 2 aromatic heterocycles. The first-order valence-electron chi connectivity index (χ1n) is 9.58. The van der Waals surface area contributed by atoms with Gasteiger partial charge in [-0.25, -0.2) is 4.98 Å². The molecule has 0 fully saturated rings. The van der Waals surface area contributed by atoms with Gasteiger partial charge < -0.3 is 9.72 Å². The smallest absolute Gasteiger partial charge is 0.137 e. The lowest BCUT2D eigenvalue weighted by Gasteiger charge is -2.25.